The fourth-order valence-electron chi connectivity index (χ4n) is 4.23. The summed E-state index contributed by atoms with van der Waals surface area (Å²) < 4.78 is 12.1. The fraction of sp³-hybridized carbons (Fsp3) is 0.250. The van der Waals surface area contributed by atoms with Crippen LogP contribution in [-0.2, 0) is 18.5 Å². The first-order valence-electron chi connectivity index (χ1n) is 11.2. The number of hydrogen-bond acceptors (Lipinski definition) is 4. The molecule has 3 aromatic rings. The summed E-state index contributed by atoms with van der Waals surface area (Å²) in [7, 11) is 0. The van der Waals surface area contributed by atoms with E-state index in [0.29, 0.717) is 46.9 Å². The number of carbonyl (C=O) groups excluding carboxylic acids is 1. The number of fused-ring (bicyclic) bond motifs is 3. The Morgan fingerprint density at radius 2 is 1.79 bits per heavy atom. The Hall–Kier alpha value is -2.79. The van der Waals surface area contributed by atoms with Gasteiger partial charge >= 0.3 is 0 Å². The van der Waals surface area contributed by atoms with E-state index in [2.05, 4.69) is 37.8 Å². The van der Waals surface area contributed by atoms with E-state index in [1.807, 2.05) is 30.3 Å². The van der Waals surface area contributed by atoms with Gasteiger partial charge in [-0.05, 0) is 52.4 Å². The van der Waals surface area contributed by atoms with Crippen LogP contribution in [0.2, 0.25) is 10.0 Å². The highest BCUT2D eigenvalue weighted by Gasteiger charge is 2.33. The molecule has 0 spiro atoms. The molecule has 34 heavy (non-hydrogen) atoms. The molecule has 0 bridgehead atoms. The normalized spacial score (nSPS) is 16.7. The molecule has 2 aliphatic heterocycles. The number of Topliss-reactive ketones (excluding diaryl/α,β-unsaturated/α-hetero) is 1. The molecule has 3 aromatic carbocycles. The van der Waals surface area contributed by atoms with E-state index in [1.54, 1.807) is 18.2 Å². The van der Waals surface area contributed by atoms with Crippen molar-refractivity contribution in [1.82, 2.24) is 4.90 Å². The molecule has 0 amide bonds. The van der Waals surface area contributed by atoms with Crippen LogP contribution in [0, 0.1) is 0 Å². The lowest BCUT2D eigenvalue weighted by molar-refractivity contribution is 0.0873. The summed E-state index contributed by atoms with van der Waals surface area (Å²) in [5.74, 6) is 1.52. The number of halogens is 2. The summed E-state index contributed by atoms with van der Waals surface area (Å²) >= 11 is 12.4. The maximum absolute atomic E-state index is 13.1. The van der Waals surface area contributed by atoms with Crippen LogP contribution in [0.15, 0.2) is 60.4 Å². The molecule has 0 radical (unpaired) electrons. The second-order valence-corrected chi connectivity index (χ2v) is 10.6. The molecule has 0 N–H and O–H groups in total. The number of nitrogens with zero attached hydrogens (tertiary/aromatic N) is 1. The largest absolute Gasteiger partial charge is 0.478 e. The van der Waals surface area contributed by atoms with Crippen molar-refractivity contribution >= 4 is 35.1 Å². The van der Waals surface area contributed by atoms with Crippen molar-refractivity contribution in [3.63, 3.8) is 0 Å². The third-order valence-corrected chi connectivity index (χ3v) is 6.75. The van der Waals surface area contributed by atoms with Crippen molar-refractivity contribution < 1.29 is 14.3 Å². The van der Waals surface area contributed by atoms with Crippen molar-refractivity contribution in [2.24, 2.45) is 0 Å². The van der Waals surface area contributed by atoms with Crippen molar-refractivity contribution in [2.75, 3.05) is 6.73 Å². The lowest BCUT2D eigenvalue weighted by Crippen LogP contribution is -2.31. The fourth-order valence-corrected chi connectivity index (χ4v) is 4.70. The second-order valence-electron chi connectivity index (χ2n) is 9.73. The quantitative estimate of drug-likeness (QED) is 0.359. The van der Waals surface area contributed by atoms with Gasteiger partial charge in [-0.3, -0.25) is 9.69 Å². The van der Waals surface area contributed by atoms with Crippen LogP contribution in [0.25, 0.3) is 6.08 Å². The molecule has 0 atom stereocenters. The molecule has 174 valence electrons. The number of rotatable bonds is 3. The lowest BCUT2D eigenvalue weighted by atomic mass is 9.86. The first kappa shape index (κ1) is 23.0. The van der Waals surface area contributed by atoms with Crippen molar-refractivity contribution in [1.29, 1.82) is 0 Å². The topological polar surface area (TPSA) is 38.8 Å². The average molecular weight is 494 g/mol. The molecule has 0 aromatic heterocycles. The predicted octanol–water partition coefficient (Wildman–Crippen LogP) is 7.26. The van der Waals surface area contributed by atoms with Gasteiger partial charge < -0.3 is 9.47 Å². The van der Waals surface area contributed by atoms with Crippen molar-refractivity contribution in [3.8, 4) is 11.5 Å². The van der Waals surface area contributed by atoms with Gasteiger partial charge in [-0.25, -0.2) is 0 Å². The minimum Gasteiger partial charge on any atom is -0.478 e. The Balaban J connectivity index is 1.39. The zero-order valence-corrected chi connectivity index (χ0v) is 20.8. The van der Waals surface area contributed by atoms with E-state index in [0.717, 1.165) is 22.4 Å². The molecule has 0 fully saturated rings. The van der Waals surface area contributed by atoms with Gasteiger partial charge in [0.25, 0.3) is 0 Å². The standard InChI is InChI=1S/C28H25Cl2NO3/c1-28(2,3)19-7-4-17(5-8-19)12-25-26(32)21-10-11-24-22(27(21)34-25)15-31(16-33-24)14-18-6-9-20(29)13-23(18)30/h4-13H,14-16H2,1-3H3/b25-12-. The average Bonchev–Trinajstić information content (AvgIpc) is 3.11. The van der Waals surface area contributed by atoms with Crippen LogP contribution >= 0.6 is 23.2 Å². The van der Waals surface area contributed by atoms with E-state index in [-0.39, 0.29) is 11.2 Å². The molecular weight excluding hydrogens is 469 g/mol. The summed E-state index contributed by atoms with van der Waals surface area (Å²) in [6.45, 7) is 8.12. The van der Waals surface area contributed by atoms with Crippen molar-refractivity contribution in [2.45, 2.75) is 39.3 Å². The second kappa shape index (κ2) is 8.77. The van der Waals surface area contributed by atoms with Gasteiger partial charge in [0, 0.05) is 23.1 Å². The summed E-state index contributed by atoms with van der Waals surface area (Å²) in [6.07, 6.45) is 1.80. The molecule has 2 aliphatic rings. The van der Waals surface area contributed by atoms with Gasteiger partial charge in [0.2, 0.25) is 5.78 Å². The third kappa shape index (κ3) is 4.46. The van der Waals surface area contributed by atoms with Gasteiger partial charge in [0.05, 0.1) is 11.1 Å². The zero-order valence-electron chi connectivity index (χ0n) is 19.3. The van der Waals surface area contributed by atoms with Crippen LogP contribution in [0.5, 0.6) is 11.5 Å². The van der Waals surface area contributed by atoms with E-state index in [1.165, 1.54) is 5.56 Å². The molecule has 0 saturated carbocycles. The van der Waals surface area contributed by atoms with Crippen LogP contribution in [0.4, 0.5) is 0 Å². The van der Waals surface area contributed by atoms with Crippen LogP contribution < -0.4 is 9.47 Å². The Morgan fingerprint density at radius 1 is 1.03 bits per heavy atom. The van der Waals surface area contributed by atoms with Gasteiger partial charge in [-0.2, -0.15) is 0 Å². The minimum absolute atomic E-state index is 0.0722. The van der Waals surface area contributed by atoms with E-state index < -0.39 is 0 Å². The predicted molar refractivity (Wildman–Crippen MR) is 136 cm³/mol. The van der Waals surface area contributed by atoms with Gasteiger partial charge in [0.15, 0.2) is 5.76 Å². The lowest BCUT2D eigenvalue weighted by Gasteiger charge is -2.30. The molecule has 0 unspecified atom stereocenters. The SMILES string of the molecule is CC(C)(C)c1ccc(/C=C2\Oc3c(ccc4c3CN(Cc3ccc(Cl)cc3Cl)CO4)C2=O)cc1. The van der Waals surface area contributed by atoms with Crippen LogP contribution in [0.3, 0.4) is 0 Å². The summed E-state index contributed by atoms with van der Waals surface area (Å²) in [5, 5.41) is 1.22. The van der Waals surface area contributed by atoms with Crippen LogP contribution in [-0.4, -0.2) is 17.4 Å². The highest BCUT2D eigenvalue weighted by atomic mass is 35.5. The molecule has 0 aliphatic carbocycles. The Bertz CT molecular complexity index is 1310. The highest BCUT2D eigenvalue weighted by molar-refractivity contribution is 6.35. The van der Waals surface area contributed by atoms with E-state index in [4.69, 9.17) is 32.7 Å². The van der Waals surface area contributed by atoms with Gasteiger partial charge in [-0.15, -0.1) is 0 Å². The first-order chi connectivity index (χ1) is 16.2. The molecule has 6 heteroatoms. The number of ketones is 1. The number of benzene rings is 3. The molecule has 4 nitrogen and oxygen atoms in total. The Kier molecular flexibility index (Phi) is 5.93. The third-order valence-electron chi connectivity index (χ3n) is 6.17. The maximum atomic E-state index is 13.1. The highest BCUT2D eigenvalue weighted by Crippen LogP contribution is 2.42. The zero-order chi connectivity index (χ0) is 24.0. The van der Waals surface area contributed by atoms with Gasteiger partial charge in [-0.1, -0.05) is 74.3 Å². The number of hydrogen-bond donors (Lipinski definition) is 0. The number of ether oxygens (including phenoxy) is 2. The monoisotopic (exact) mass is 493 g/mol. The first-order valence-corrected chi connectivity index (χ1v) is 11.9. The molecule has 0 saturated heterocycles. The summed E-state index contributed by atoms with van der Waals surface area (Å²) in [5.41, 5.74) is 4.63. The smallest absolute Gasteiger partial charge is 0.231 e. The summed E-state index contributed by atoms with van der Waals surface area (Å²) in [6, 6.07) is 17.3. The van der Waals surface area contributed by atoms with E-state index in [9.17, 15) is 4.79 Å². The molecular formula is C28H25Cl2NO3. The number of carbonyl (C=O) groups is 1. The number of allylic oxidation sites excluding steroid dienone is 1. The van der Waals surface area contributed by atoms with Crippen molar-refractivity contribution in [3.05, 3.63) is 98.2 Å². The van der Waals surface area contributed by atoms with Gasteiger partial charge in [0.1, 0.15) is 18.2 Å². The Labute approximate surface area is 209 Å². The molecule has 2 heterocycles. The minimum atomic E-state index is -0.115. The molecule has 5 rings (SSSR count). The maximum Gasteiger partial charge on any atom is 0.231 e. The van der Waals surface area contributed by atoms with E-state index >= 15 is 0 Å². The Morgan fingerprint density at radius 3 is 2.50 bits per heavy atom. The van der Waals surface area contributed by atoms with Crippen LogP contribution in [0.1, 0.15) is 53.4 Å². The summed E-state index contributed by atoms with van der Waals surface area (Å²) in [4.78, 5) is 15.2.